The zero-order chi connectivity index (χ0) is 38.1. The maximum atomic E-state index is 13.5. The summed E-state index contributed by atoms with van der Waals surface area (Å²) in [5.41, 5.74) is 0.668. The van der Waals surface area contributed by atoms with Crippen LogP contribution in [-0.4, -0.2) is 71.7 Å². The van der Waals surface area contributed by atoms with Crippen LogP contribution in [-0.2, 0) is 35.1 Å². The second kappa shape index (κ2) is 21.6. The minimum atomic E-state index is -0.827. The van der Waals surface area contributed by atoms with E-state index in [4.69, 9.17) is 14.6 Å². The number of ether oxygens (including phenoxy) is 2. The van der Waals surface area contributed by atoms with Crippen molar-refractivity contribution in [3.63, 3.8) is 0 Å². The molecule has 0 bridgehead atoms. The van der Waals surface area contributed by atoms with Gasteiger partial charge in [-0.15, -0.1) is 0 Å². The van der Waals surface area contributed by atoms with Crippen molar-refractivity contribution in [2.24, 2.45) is 23.2 Å². The van der Waals surface area contributed by atoms with Gasteiger partial charge in [0.15, 0.2) is 0 Å². The highest BCUT2D eigenvalue weighted by Crippen LogP contribution is 2.29. The molecule has 11 heteroatoms. The number of hydrogen-bond acceptors (Lipinski definition) is 7. The van der Waals surface area contributed by atoms with Crippen molar-refractivity contribution in [3.05, 3.63) is 29.8 Å². The molecule has 3 N–H and O–H groups in total. The van der Waals surface area contributed by atoms with Gasteiger partial charge in [-0.2, -0.15) is 0 Å². The van der Waals surface area contributed by atoms with Crippen LogP contribution < -0.4 is 10.6 Å². The molecule has 284 valence electrons. The van der Waals surface area contributed by atoms with Crippen molar-refractivity contribution in [2.75, 3.05) is 25.5 Å². The molecule has 0 fully saturated rings. The van der Waals surface area contributed by atoms with Crippen LogP contribution in [0.4, 0.5) is 10.5 Å². The molecule has 0 spiro atoms. The van der Waals surface area contributed by atoms with E-state index in [2.05, 4.69) is 31.4 Å². The lowest BCUT2D eigenvalue weighted by Crippen LogP contribution is -2.47. The van der Waals surface area contributed by atoms with Gasteiger partial charge in [-0.3, -0.25) is 19.2 Å². The second-order valence-corrected chi connectivity index (χ2v) is 15.7. The quantitative estimate of drug-likeness (QED) is 0.104. The first-order chi connectivity index (χ1) is 23.2. The SMILES string of the molecule is CCOC(=O)CC[C@H](C)CC[C@@H](C)C(C)C[C@H](NC(=O)OC(C)(C)C)C(=O)Nc1ccc(CCN(C)C(=O)CCC(C)(C)CCC(=O)O)cc1. The summed E-state index contributed by atoms with van der Waals surface area (Å²) < 4.78 is 10.5. The summed E-state index contributed by atoms with van der Waals surface area (Å²) >= 11 is 0. The van der Waals surface area contributed by atoms with Gasteiger partial charge in [-0.05, 0) is 101 Å². The lowest BCUT2D eigenvalue weighted by molar-refractivity contribution is -0.143. The molecule has 11 nitrogen and oxygen atoms in total. The molecule has 0 aliphatic carbocycles. The van der Waals surface area contributed by atoms with Gasteiger partial charge in [0.1, 0.15) is 11.6 Å². The van der Waals surface area contributed by atoms with Gasteiger partial charge < -0.3 is 30.1 Å². The van der Waals surface area contributed by atoms with Crippen molar-refractivity contribution >= 4 is 35.5 Å². The summed E-state index contributed by atoms with van der Waals surface area (Å²) in [6.07, 6.45) is 5.08. The molecular formula is C39H65N3O8. The Hall–Kier alpha value is -3.63. The van der Waals surface area contributed by atoms with E-state index < -0.39 is 23.7 Å². The number of benzene rings is 1. The molecule has 4 atom stereocenters. The van der Waals surface area contributed by atoms with Gasteiger partial charge in [0, 0.05) is 38.5 Å². The molecule has 0 aliphatic rings. The monoisotopic (exact) mass is 703 g/mol. The average molecular weight is 704 g/mol. The van der Waals surface area contributed by atoms with Crippen molar-refractivity contribution in [1.82, 2.24) is 10.2 Å². The van der Waals surface area contributed by atoms with Crippen LogP contribution in [0.5, 0.6) is 0 Å². The summed E-state index contributed by atoms with van der Waals surface area (Å²) in [5.74, 6) is -0.535. The molecule has 3 amide bonds. The molecule has 0 saturated carbocycles. The van der Waals surface area contributed by atoms with Crippen molar-refractivity contribution < 1.29 is 38.6 Å². The molecule has 1 aromatic carbocycles. The van der Waals surface area contributed by atoms with Crippen LogP contribution in [0.15, 0.2) is 24.3 Å². The summed E-state index contributed by atoms with van der Waals surface area (Å²) in [5, 5.41) is 14.7. The van der Waals surface area contributed by atoms with Crippen molar-refractivity contribution in [3.8, 4) is 0 Å². The van der Waals surface area contributed by atoms with E-state index in [1.54, 1.807) is 39.6 Å². The van der Waals surface area contributed by atoms with E-state index in [1.165, 1.54) is 0 Å². The lowest BCUT2D eigenvalue weighted by atomic mass is 9.83. The van der Waals surface area contributed by atoms with E-state index in [-0.39, 0.29) is 41.5 Å². The van der Waals surface area contributed by atoms with E-state index in [1.807, 2.05) is 38.1 Å². The topological polar surface area (TPSA) is 151 Å². The number of carbonyl (C=O) groups is 5. The minimum absolute atomic E-state index is 0.0212. The molecule has 0 radical (unpaired) electrons. The van der Waals surface area contributed by atoms with Crippen LogP contribution >= 0.6 is 0 Å². The Labute approximate surface area is 300 Å². The van der Waals surface area contributed by atoms with E-state index in [0.717, 1.165) is 24.8 Å². The number of nitrogens with one attached hydrogen (secondary N) is 2. The minimum Gasteiger partial charge on any atom is -0.481 e. The smallest absolute Gasteiger partial charge is 0.408 e. The van der Waals surface area contributed by atoms with Crippen LogP contribution in [0.3, 0.4) is 0 Å². The number of carbonyl (C=O) groups excluding carboxylic acids is 4. The molecule has 50 heavy (non-hydrogen) atoms. The van der Waals surface area contributed by atoms with Crippen LogP contribution in [0.2, 0.25) is 0 Å². The predicted octanol–water partition coefficient (Wildman–Crippen LogP) is 7.61. The van der Waals surface area contributed by atoms with Crippen molar-refractivity contribution in [2.45, 2.75) is 138 Å². The number of likely N-dealkylation sites (N-methyl/N-ethyl adjacent to an activating group) is 1. The van der Waals surface area contributed by atoms with Crippen molar-refractivity contribution in [1.29, 1.82) is 0 Å². The number of rotatable bonds is 22. The largest absolute Gasteiger partial charge is 0.481 e. The van der Waals surface area contributed by atoms with Crippen LogP contribution in [0.25, 0.3) is 0 Å². The molecule has 1 aromatic rings. The number of amides is 3. The number of aliphatic carboxylic acids is 1. The first kappa shape index (κ1) is 44.4. The Morgan fingerprint density at radius 3 is 2.06 bits per heavy atom. The number of alkyl carbamates (subject to hydrolysis) is 1. The third-order valence-electron chi connectivity index (χ3n) is 9.26. The molecule has 0 saturated heterocycles. The lowest BCUT2D eigenvalue weighted by Gasteiger charge is -2.27. The number of nitrogens with zero attached hydrogens (tertiary/aromatic N) is 1. The van der Waals surface area contributed by atoms with E-state index >= 15 is 0 Å². The summed E-state index contributed by atoms with van der Waals surface area (Å²) in [6.45, 7) is 18.4. The van der Waals surface area contributed by atoms with Gasteiger partial charge in [0.2, 0.25) is 11.8 Å². The van der Waals surface area contributed by atoms with Crippen LogP contribution in [0.1, 0.15) is 126 Å². The predicted molar refractivity (Wildman–Crippen MR) is 197 cm³/mol. The Morgan fingerprint density at radius 1 is 0.860 bits per heavy atom. The summed E-state index contributed by atoms with van der Waals surface area (Å²) in [7, 11) is 1.77. The molecule has 0 aromatic heterocycles. The van der Waals surface area contributed by atoms with E-state index in [9.17, 15) is 24.0 Å². The number of carboxylic acid groups (broad SMARTS) is 1. The molecule has 1 unspecified atom stereocenters. The standard InChI is InChI=1S/C39H65N3O8/c1-11-49-35(46)19-13-27(2)12-14-28(3)29(4)26-32(41-37(48)50-38(5,6)7)36(47)40-31-17-15-30(16-18-31)22-25-42(10)33(43)20-23-39(8,9)24-21-34(44)45/h15-18,27-29,32H,11-14,19-26H2,1-10H3,(H,40,47)(H,41,48)(H,44,45)/t27-,28-,29?,32+/m1/s1. The normalized spacial score (nSPS) is 14.1. The number of esters is 1. The summed E-state index contributed by atoms with van der Waals surface area (Å²) in [4.78, 5) is 63.3. The van der Waals surface area contributed by atoms with Crippen LogP contribution in [0, 0.1) is 23.2 Å². The first-order valence-corrected chi connectivity index (χ1v) is 18.2. The first-order valence-electron chi connectivity index (χ1n) is 18.2. The highest BCUT2D eigenvalue weighted by molar-refractivity contribution is 5.96. The maximum Gasteiger partial charge on any atom is 0.408 e. The summed E-state index contributed by atoms with van der Waals surface area (Å²) in [6, 6.07) is 6.64. The Morgan fingerprint density at radius 2 is 1.48 bits per heavy atom. The average Bonchev–Trinajstić information content (AvgIpc) is 3.02. The molecule has 0 aliphatic heterocycles. The highest BCUT2D eigenvalue weighted by atomic mass is 16.6. The molecule has 1 rings (SSSR count). The number of anilines is 1. The number of carboxylic acids is 1. The third kappa shape index (κ3) is 19.5. The van der Waals surface area contributed by atoms with Gasteiger partial charge in [0.25, 0.3) is 0 Å². The number of hydrogen-bond donors (Lipinski definition) is 3. The fraction of sp³-hybridized carbons (Fsp3) is 0.718. The zero-order valence-electron chi connectivity index (χ0n) is 32.4. The second-order valence-electron chi connectivity index (χ2n) is 15.7. The Bertz CT molecular complexity index is 1220. The van der Waals surface area contributed by atoms with Gasteiger partial charge in [-0.1, -0.05) is 59.6 Å². The van der Waals surface area contributed by atoms with Gasteiger partial charge in [0.05, 0.1) is 6.61 Å². The molecule has 0 heterocycles. The fourth-order valence-corrected chi connectivity index (χ4v) is 5.47. The Balaban J connectivity index is 2.77. The van der Waals surface area contributed by atoms with Gasteiger partial charge in [-0.25, -0.2) is 4.79 Å². The maximum absolute atomic E-state index is 13.5. The van der Waals surface area contributed by atoms with E-state index in [0.29, 0.717) is 63.3 Å². The Kier molecular flexibility index (Phi) is 19.1. The van der Waals surface area contributed by atoms with Gasteiger partial charge >= 0.3 is 18.0 Å². The third-order valence-corrected chi connectivity index (χ3v) is 9.26. The zero-order valence-corrected chi connectivity index (χ0v) is 32.4. The highest BCUT2D eigenvalue weighted by Gasteiger charge is 2.28. The molecular weight excluding hydrogens is 638 g/mol. The fourth-order valence-electron chi connectivity index (χ4n) is 5.47.